The first-order valence-corrected chi connectivity index (χ1v) is 7.52. The molecule has 0 bridgehead atoms. The Labute approximate surface area is 125 Å². The summed E-state index contributed by atoms with van der Waals surface area (Å²) in [6, 6.07) is 8.00. The molecule has 3 aromatic rings. The third kappa shape index (κ3) is 2.27. The van der Waals surface area contributed by atoms with Gasteiger partial charge >= 0.3 is 0 Å². The molecule has 106 valence electrons. The Morgan fingerprint density at radius 3 is 3.05 bits per heavy atom. The third-order valence-corrected chi connectivity index (χ3v) is 4.14. The second kappa shape index (κ2) is 4.89. The van der Waals surface area contributed by atoms with E-state index < -0.39 is 0 Å². The van der Waals surface area contributed by atoms with Crippen LogP contribution in [0, 0.1) is 6.92 Å². The molecule has 0 fully saturated rings. The third-order valence-electron chi connectivity index (χ3n) is 3.33. The van der Waals surface area contributed by atoms with E-state index in [-0.39, 0.29) is 0 Å². The lowest BCUT2D eigenvalue weighted by atomic mass is 10.2. The van der Waals surface area contributed by atoms with Gasteiger partial charge in [0, 0.05) is 6.54 Å². The van der Waals surface area contributed by atoms with E-state index in [2.05, 4.69) is 15.3 Å². The summed E-state index contributed by atoms with van der Waals surface area (Å²) in [6.07, 6.45) is 0. The van der Waals surface area contributed by atoms with E-state index >= 15 is 0 Å². The molecule has 1 N–H and O–H groups in total. The zero-order valence-corrected chi connectivity index (χ0v) is 12.2. The molecule has 0 radical (unpaired) electrons. The molecule has 1 aliphatic heterocycles. The van der Waals surface area contributed by atoms with E-state index in [4.69, 9.17) is 9.47 Å². The molecule has 0 aliphatic carbocycles. The molecular weight excluding hydrogens is 286 g/mol. The summed E-state index contributed by atoms with van der Waals surface area (Å²) in [5.41, 5.74) is 1.12. The monoisotopic (exact) mass is 299 g/mol. The minimum atomic E-state index is 0.298. The smallest absolute Gasteiger partial charge is 0.231 e. The van der Waals surface area contributed by atoms with Crippen LogP contribution in [0.5, 0.6) is 11.5 Å². The Morgan fingerprint density at radius 1 is 1.19 bits per heavy atom. The van der Waals surface area contributed by atoms with Crippen LogP contribution in [0.4, 0.5) is 5.82 Å². The number of fused-ring (bicyclic) bond motifs is 2. The summed E-state index contributed by atoms with van der Waals surface area (Å²) in [4.78, 5) is 9.93. The highest BCUT2D eigenvalue weighted by Gasteiger charge is 2.13. The molecule has 1 aliphatic rings. The number of ether oxygens (including phenoxy) is 2. The predicted octanol–water partition coefficient (Wildman–Crippen LogP) is 3.34. The molecule has 4 rings (SSSR count). The molecule has 3 heterocycles. The van der Waals surface area contributed by atoms with Gasteiger partial charge in [0.25, 0.3) is 0 Å². The van der Waals surface area contributed by atoms with Crippen LogP contribution in [0.2, 0.25) is 0 Å². The summed E-state index contributed by atoms with van der Waals surface area (Å²) >= 11 is 1.63. The number of aromatic nitrogens is 2. The van der Waals surface area contributed by atoms with Crippen molar-refractivity contribution in [2.24, 2.45) is 0 Å². The molecule has 0 amide bonds. The first kappa shape index (κ1) is 12.4. The Hall–Kier alpha value is -2.34. The lowest BCUT2D eigenvalue weighted by molar-refractivity contribution is 0.174. The summed E-state index contributed by atoms with van der Waals surface area (Å²) in [5, 5.41) is 6.47. The van der Waals surface area contributed by atoms with Crippen LogP contribution in [0.1, 0.15) is 11.4 Å². The number of anilines is 1. The number of thiophene rings is 1. The topological polar surface area (TPSA) is 56.3 Å². The van der Waals surface area contributed by atoms with E-state index in [1.165, 1.54) is 0 Å². The summed E-state index contributed by atoms with van der Waals surface area (Å²) in [7, 11) is 0. The average Bonchev–Trinajstić information content (AvgIpc) is 3.12. The molecule has 0 unspecified atom stereocenters. The number of nitrogens with one attached hydrogen (secondary N) is 1. The van der Waals surface area contributed by atoms with Gasteiger partial charge < -0.3 is 14.8 Å². The summed E-state index contributed by atoms with van der Waals surface area (Å²) in [6.45, 7) is 2.88. The fourth-order valence-corrected chi connectivity index (χ4v) is 3.14. The Bertz CT molecular complexity index is 816. The van der Waals surface area contributed by atoms with E-state index in [0.717, 1.165) is 38.9 Å². The maximum Gasteiger partial charge on any atom is 0.231 e. The van der Waals surface area contributed by atoms with Gasteiger partial charge in [-0.3, -0.25) is 0 Å². The highest BCUT2D eigenvalue weighted by molar-refractivity contribution is 7.16. The van der Waals surface area contributed by atoms with Crippen molar-refractivity contribution in [3.8, 4) is 11.5 Å². The maximum atomic E-state index is 5.39. The van der Waals surface area contributed by atoms with E-state index in [9.17, 15) is 0 Å². The van der Waals surface area contributed by atoms with Gasteiger partial charge in [0.1, 0.15) is 16.5 Å². The second-order valence-electron chi connectivity index (χ2n) is 4.80. The van der Waals surface area contributed by atoms with Gasteiger partial charge in [-0.05, 0) is 36.1 Å². The van der Waals surface area contributed by atoms with Crippen LogP contribution in [-0.2, 0) is 6.54 Å². The Kier molecular flexibility index (Phi) is 2.89. The quantitative estimate of drug-likeness (QED) is 0.804. The van der Waals surface area contributed by atoms with Gasteiger partial charge in [0.2, 0.25) is 6.79 Å². The van der Waals surface area contributed by atoms with Crippen molar-refractivity contribution in [2.75, 3.05) is 12.1 Å². The molecule has 2 aromatic heterocycles. The zero-order chi connectivity index (χ0) is 14.2. The molecule has 6 heteroatoms. The van der Waals surface area contributed by atoms with Crippen LogP contribution in [0.25, 0.3) is 10.2 Å². The Morgan fingerprint density at radius 2 is 2.10 bits per heavy atom. The SMILES string of the molecule is Cc1nc(NCc2ccc3c(c2)OCO3)c2ccsc2n1. The van der Waals surface area contributed by atoms with Gasteiger partial charge in [-0.1, -0.05) is 6.07 Å². The van der Waals surface area contributed by atoms with Gasteiger partial charge in [-0.15, -0.1) is 11.3 Å². The van der Waals surface area contributed by atoms with E-state index in [1.807, 2.05) is 36.6 Å². The number of rotatable bonds is 3. The maximum absolute atomic E-state index is 5.39. The molecular formula is C15H13N3O2S. The van der Waals surface area contributed by atoms with Crippen molar-refractivity contribution < 1.29 is 9.47 Å². The van der Waals surface area contributed by atoms with Crippen molar-refractivity contribution >= 4 is 27.4 Å². The van der Waals surface area contributed by atoms with Crippen molar-refractivity contribution in [2.45, 2.75) is 13.5 Å². The van der Waals surface area contributed by atoms with Crippen molar-refractivity contribution in [1.29, 1.82) is 0 Å². The average molecular weight is 299 g/mol. The first-order valence-electron chi connectivity index (χ1n) is 6.64. The molecule has 0 saturated heterocycles. The Balaban J connectivity index is 1.59. The first-order chi connectivity index (χ1) is 10.3. The van der Waals surface area contributed by atoms with E-state index in [0.29, 0.717) is 13.3 Å². The van der Waals surface area contributed by atoms with Crippen LogP contribution >= 0.6 is 11.3 Å². The van der Waals surface area contributed by atoms with Crippen molar-refractivity contribution in [1.82, 2.24) is 9.97 Å². The predicted molar refractivity (Wildman–Crippen MR) is 82.0 cm³/mol. The molecule has 5 nitrogen and oxygen atoms in total. The normalized spacial score (nSPS) is 12.8. The second-order valence-corrected chi connectivity index (χ2v) is 5.69. The van der Waals surface area contributed by atoms with Crippen LogP contribution in [-0.4, -0.2) is 16.8 Å². The van der Waals surface area contributed by atoms with Gasteiger partial charge in [-0.25, -0.2) is 9.97 Å². The fraction of sp³-hybridized carbons (Fsp3) is 0.200. The van der Waals surface area contributed by atoms with E-state index in [1.54, 1.807) is 11.3 Å². The lowest BCUT2D eigenvalue weighted by Gasteiger charge is -2.08. The summed E-state index contributed by atoms with van der Waals surface area (Å²) in [5.74, 6) is 3.25. The van der Waals surface area contributed by atoms with Crippen LogP contribution in [0.15, 0.2) is 29.6 Å². The van der Waals surface area contributed by atoms with Gasteiger partial charge in [0.15, 0.2) is 11.5 Å². The van der Waals surface area contributed by atoms with Crippen LogP contribution < -0.4 is 14.8 Å². The van der Waals surface area contributed by atoms with Gasteiger partial charge in [-0.2, -0.15) is 0 Å². The van der Waals surface area contributed by atoms with Crippen LogP contribution in [0.3, 0.4) is 0 Å². The molecule has 0 saturated carbocycles. The molecule has 0 atom stereocenters. The molecule has 21 heavy (non-hydrogen) atoms. The highest BCUT2D eigenvalue weighted by atomic mass is 32.1. The number of aryl methyl sites for hydroxylation is 1. The largest absolute Gasteiger partial charge is 0.454 e. The van der Waals surface area contributed by atoms with Gasteiger partial charge in [0.05, 0.1) is 5.39 Å². The number of hydrogen-bond acceptors (Lipinski definition) is 6. The molecule has 0 spiro atoms. The standard InChI is InChI=1S/C15H13N3O2S/c1-9-17-14(11-4-5-21-15(11)18-9)16-7-10-2-3-12-13(6-10)20-8-19-12/h2-6H,7-8H2,1H3,(H,16,17,18). The summed E-state index contributed by atoms with van der Waals surface area (Å²) < 4.78 is 10.7. The number of nitrogens with zero attached hydrogens (tertiary/aromatic N) is 2. The van der Waals surface area contributed by atoms with Crippen molar-refractivity contribution in [3.63, 3.8) is 0 Å². The zero-order valence-electron chi connectivity index (χ0n) is 11.4. The molecule has 1 aromatic carbocycles. The highest BCUT2D eigenvalue weighted by Crippen LogP contribution is 2.33. The minimum Gasteiger partial charge on any atom is -0.454 e. The number of benzene rings is 1. The lowest BCUT2D eigenvalue weighted by Crippen LogP contribution is -2.03. The minimum absolute atomic E-state index is 0.298. The van der Waals surface area contributed by atoms with Crippen molar-refractivity contribution in [3.05, 3.63) is 41.0 Å². The fourth-order valence-electron chi connectivity index (χ4n) is 2.33. The number of hydrogen-bond donors (Lipinski definition) is 1.